The summed E-state index contributed by atoms with van der Waals surface area (Å²) in [6.07, 6.45) is 0.905. The number of fused-ring (bicyclic) bond motifs is 5. The van der Waals surface area contributed by atoms with Gasteiger partial charge < -0.3 is 40.1 Å². The average Bonchev–Trinajstić information content (AvgIpc) is 3.23. The van der Waals surface area contributed by atoms with Crippen molar-refractivity contribution in [3.8, 4) is 0 Å². The van der Waals surface area contributed by atoms with Gasteiger partial charge in [0.2, 0.25) is 0 Å². The number of aliphatic hydroxyl groups is 6. The van der Waals surface area contributed by atoms with Gasteiger partial charge in [-0.1, -0.05) is 53.2 Å². The van der Waals surface area contributed by atoms with Gasteiger partial charge in [-0.2, -0.15) is 0 Å². The Labute approximate surface area is 269 Å². The second-order valence-corrected chi connectivity index (χ2v) is 17.2. The molecule has 14 atom stereocenters. The molecule has 0 aromatic rings. The van der Waals surface area contributed by atoms with Crippen LogP contribution in [0.1, 0.15) is 107 Å². The molecule has 4 aliphatic carbocycles. The summed E-state index contributed by atoms with van der Waals surface area (Å²) in [6.45, 7) is 16.3. The van der Waals surface area contributed by atoms with Crippen LogP contribution in [-0.2, 0) is 14.3 Å². The Hall–Kier alpha value is -0.910. The number of Topliss-reactive ketones (excluding diaryl/α,β-unsaturated/α-hetero) is 1. The predicted octanol–water partition coefficient (Wildman–Crippen LogP) is 3.50. The zero-order valence-electron chi connectivity index (χ0n) is 28.7. The molecule has 258 valence electrons. The number of ether oxygens (including phenoxy) is 2. The first-order chi connectivity index (χ1) is 20.7. The summed E-state index contributed by atoms with van der Waals surface area (Å²) < 4.78 is 12.0. The standard InChI is InChI=1S/C36H60O9/c1-19(9-13-25(38)33(4,5)43)20-15-16-34(6)24-12-10-21-22(36(24,8)26(39)17-35(20,34)7)11-14-27(32(21,2)3)45-31-30(42)29(41)28(40)23(18-37)44-31/h10,19-20,22-25,27-31,37-38,40-43H,9,11-18H2,1-8H3/t19-,20?,22?,23-,24?,25-,27+,28-,29+,30-,31+,34+,35-,36+/m1/s1. The van der Waals surface area contributed by atoms with Crippen LogP contribution >= 0.6 is 0 Å². The Morgan fingerprint density at radius 2 is 1.67 bits per heavy atom. The molecule has 0 amide bonds. The molecule has 1 heterocycles. The van der Waals surface area contributed by atoms with E-state index in [-0.39, 0.29) is 28.8 Å². The summed E-state index contributed by atoms with van der Waals surface area (Å²) in [6, 6.07) is 0. The number of ketones is 1. The highest BCUT2D eigenvalue weighted by Gasteiger charge is 2.70. The lowest BCUT2D eigenvalue weighted by atomic mass is 9.38. The van der Waals surface area contributed by atoms with Gasteiger partial charge in [0.25, 0.3) is 0 Å². The van der Waals surface area contributed by atoms with Gasteiger partial charge in [-0.25, -0.2) is 0 Å². The van der Waals surface area contributed by atoms with E-state index in [0.717, 1.165) is 32.1 Å². The number of carbonyl (C=O) groups excluding carboxylic acids is 1. The van der Waals surface area contributed by atoms with Crippen molar-refractivity contribution in [3.05, 3.63) is 11.6 Å². The number of rotatable bonds is 8. The topological polar surface area (TPSA) is 157 Å². The fourth-order valence-electron chi connectivity index (χ4n) is 10.9. The molecule has 45 heavy (non-hydrogen) atoms. The van der Waals surface area contributed by atoms with Gasteiger partial charge in [-0.05, 0) is 93.3 Å². The summed E-state index contributed by atoms with van der Waals surface area (Å²) in [7, 11) is 0. The van der Waals surface area contributed by atoms with Crippen LogP contribution in [0.2, 0.25) is 0 Å². The lowest BCUT2D eigenvalue weighted by Gasteiger charge is -2.65. The molecule has 1 saturated heterocycles. The Balaban J connectivity index is 1.37. The second kappa shape index (κ2) is 11.9. The molecule has 0 spiro atoms. The summed E-state index contributed by atoms with van der Waals surface area (Å²) in [5.74, 6) is 1.34. The molecule has 5 rings (SSSR count). The number of aliphatic hydroxyl groups excluding tert-OH is 5. The van der Waals surface area contributed by atoms with E-state index >= 15 is 0 Å². The highest BCUT2D eigenvalue weighted by Crippen LogP contribution is 2.74. The van der Waals surface area contributed by atoms with E-state index in [1.807, 2.05) is 0 Å². The molecule has 9 heteroatoms. The van der Waals surface area contributed by atoms with Crippen LogP contribution in [0.3, 0.4) is 0 Å². The molecule has 5 aliphatic rings. The van der Waals surface area contributed by atoms with Crippen molar-refractivity contribution in [2.45, 2.75) is 155 Å². The third-order valence-corrected chi connectivity index (χ3v) is 14.2. The van der Waals surface area contributed by atoms with Crippen LogP contribution in [0.25, 0.3) is 0 Å². The van der Waals surface area contributed by atoms with Crippen molar-refractivity contribution >= 4 is 5.78 Å². The third kappa shape index (κ3) is 5.40. The predicted molar refractivity (Wildman–Crippen MR) is 169 cm³/mol. The van der Waals surface area contributed by atoms with Crippen molar-refractivity contribution in [2.75, 3.05) is 6.61 Å². The molecule has 0 aromatic carbocycles. The maximum Gasteiger partial charge on any atom is 0.187 e. The van der Waals surface area contributed by atoms with E-state index in [4.69, 9.17) is 9.47 Å². The fraction of sp³-hybridized carbons (Fsp3) is 0.917. The summed E-state index contributed by atoms with van der Waals surface area (Å²) in [5, 5.41) is 61.6. The number of carbonyl (C=O) groups is 1. The van der Waals surface area contributed by atoms with Crippen molar-refractivity contribution in [1.29, 1.82) is 0 Å². The molecule has 3 unspecified atom stereocenters. The Bertz CT molecular complexity index is 1140. The Kier molecular flexibility index (Phi) is 9.36. The minimum Gasteiger partial charge on any atom is -0.394 e. The van der Waals surface area contributed by atoms with Crippen LogP contribution in [0.15, 0.2) is 11.6 Å². The first kappa shape index (κ1) is 35.4. The van der Waals surface area contributed by atoms with E-state index in [2.05, 4.69) is 47.6 Å². The van der Waals surface area contributed by atoms with Crippen molar-refractivity contribution in [1.82, 2.24) is 0 Å². The molecule has 6 N–H and O–H groups in total. The van der Waals surface area contributed by atoms with E-state index in [9.17, 15) is 35.4 Å². The van der Waals surface area contributed by atoms with Gasteiger partial charge in [0.15, 0.2) is 6.29 Å². The van der Waals surface area contributed by atoms with Gasteiger partial charge in [0, 0.05) is 17.3 Å². The van der Waals surface area contributed by atoms with E-state index < -0.39 is 59.8 Å². The maximum absolute atomic E-state index is 14.6. The molecule has 0 bridgehead atoms. The minimum absolute atomic E-state index is 0.0146. The molecule has 1 aliphatic heterocycles. The van der Waals surface area contributed by atoms with Crippen molar-refractivity contribution in [3.63, 3.8) is 0 Å². The quantitative estimate of drug-likeness (QED) is 0.220. The normalized spacial score (nSPS) is 47.7. The van der Waals surface area contributed by atoms with E-state index in [1.165, 1.54) is 5.57 Å². The van der Waals surface area contributed by atoms with Gasteiger partial charge in [-0.15, -0.1) is 0 Å². The largest absolute Gasteiger partial charge is 0.394 e. The Morgan fingerprint density at radius 1 is 1.00 bits per heavy atom. The molecule has 3 saturated carbocycles. The van der Waals surface area contributed by atoms with Gasteiger partial charge in [0.05, 0.1) is 24.4 Å². The highest BCUT2D eigenvalue weighted by molar-refractivity contribution is 5.88. The number of allylic oxidation sites excluding steroid dienone is 1. The maximum atomic E-state index is 14.6. The summed E-state index contributed by atoms with van der Waals surface area (Å²) in [4.78, 5) is 14.6. The van der Waals surface area contributed by atoms with E-state index in [0.29, 0.717) is 36.9 Å². The molecule has 9 nitrogen and oxygen atoms in total. The fourth-order valence-corrected chi connectivity index (χ4v) is 10.9. The van der Waals surface area contributed by atoms with Crippen LogP contribution in [0.4, 0.5) is 0 Å². The van der Waals surface area contributed by atoms with Crippen LogP contribution in [0, 0.1) is 45.3 Å². The van der Waals surface area contributed by atoms with Gasteiger partial charge in [0.1, 0.15) is 30.2 Å². The van der Waals surface area contributed by atoms with Crippen molar-refractivity contribution < 1.29 is 44.9 Å². The van der Waals surface area contributed by atoms with Gasteiger partial charge in [-0.3, -0.25) is 4.79 Å². The monoisotopic (exact) mass is 636 g/mol. The minimum atomic E-state index is -1.49. The first-order valence-corrected chi connectivity index (χ1v) is 17.3. The number of hydrogen-bond acceptors (Lipinski definition) is 9. The first-order valence-electron chi connectivity index (χ1n) is 17.3. The smallest absolute Gasteiger partial charge is 0.187 e. The van der Waals surface area contributed by atoms with Gasteiger partial charge >= 0.3 is 0 Å². The Morgan fingerprint density at radius 3 is 2.29 bits per heavy atom. The van der Waals surface area contributed by atoms with Crippen LogP contribution in [0.5, 0.6) is 0 Å². The SMILES string of the molecule is C[C@H](CC[C@@H](O)C(C)(C)O)C1CC[C@@]2(C)C3CC=C4C(CC[C@H](O[C@@H]5O[C@H](CO)[C@@H](O)[C@H](O)[C@H]5O)C4(C)C)[C@]3(C)C(=O)C[C@]12C. The lowest BCUT2D eigenvalue weighted by Crippen LogP contribution is -2.64. The summed E-state index contributed by atoms with van der Waals surface area (Å²) in [5.41, 5.74) is -1.04. The molecule has 4 fully saturated rings. The van der Waals surface area contributed by atoms with Crippen LogP contribution in [-0.4, -0.2) is 91.5 Å². The molecule has 0 aromatic heterocycles. The van der Waals surface area contributed by atoms with Crippen molar-refractivity contribution in [2.24, 2.45) is 45.3 Å². The zero-order chi connectivity index (χ0) is 33.5. The summed E-state index contributed by atoms with van der Waals surface area (Å²) >= 11 is 0. The average molecular weight is 637 g/mol. The number of hydrogen-bond donors (Lipinski definition) is 6. The molecule has 0 radical (unpaired) electrons. The zero-order valence-corrected chi connectivity index (χ0v) is 28.7. The highest BCUT2D eigenvalue weighted by atomic mass is 16.7. The molecular formula is C36H60O9. The second-order valence-electron chi connectivity index (χ2n) is 17.2. The van der Waals surface area contributed by atoms with E-state index in [1.54, 1.807) is 13.8 Å². The third-order valence-electron chi connectivity index (χ3n) is 14.2. The lowest BCUT2D eigenvalue weighted by molar-refractivity contribution is -0.319. The van der Waals surface area contributed by atoms with Crippen LogP contribution < -0.4 is 0 Å². The molecular weight excluding hydrogens is 576 g/mol.